The predicted octanol–water partition coefficient (Wildman–Crippen LogP) is 3.20. The van der Waals surface area contributed by atoms with Crippen LogP contribution in [0.4, 0.5) is 0 Å². The molecule has 0 saturated heterocycles. The minimum atomic E-state index is -0.611. The molecule has 2 N–H and O–H groups in total. The Kier molecular flexibility index (Phi) is 6.69. The average molecular weight is 379 g/mol. The van der Waals surface area contributed by atoms with Crippen molar-refractivity contribution in [2.75, 3.05) is 13.2 Å². The highest BCUT2D eigenvalue weighted by Crippen LogP contribution is 2.61. The molecular weight excluding hydrogens is 344 g/mol. The molecule has 0 spiro atoms. The summed E-state index contributed by atoms with van der Waals surface area (Å²) in [6.07, 6.45) is 4.12. The van der Waals surface area contributed by atoms with E-state index >= 15 is 0 Å². The zero-order chi connectivity index (χ0) is 20.4. The summed E-state index contributed by atoms with van der Waals surface area (Å²) in [5, 5.41) is 19.8. The third-order valence-electron chi connectivity index (χ3n) is 6.82. The van der Waals surface area contributed by atoms with Crippen LogP contribution in [0, 0.1) is 22.7 Å². The van der Waals surface area contributed by atoms with Crippen molar-refractivity contribution in [2.24, 2.45) is 22.7 Å². The number of fused-ring (bicyclic) bond motifs is 1. The highest BCUT2D eigenvalue weighted by Gasteiger charge is 2.58. The summed E-state index contributed by atoms with van der Waals surface area (Å²) in [5.41, 5.74) is 1.09. The van der Waals surface area contributed by atoms with E-state index in [4.69, 9.17) is 9.84 Å². The van der Waals surface area contributed by atoms with Crippen LogP contribution in [0.1, 0.15) is 59.8 Å². The summed E-state index contributed by atoms with van der Waals surface area (Å²) in [6, 6.07) is 0. The molecule has 2 saturated carbocycles. The molecule has 0 amide bonds. The lowest BCUT2D eigenvalue weighted by atomic mass is 9.46. The van der Waals surface area contributed by atoms with Gasteiger partial charge in [0.2, 0.25) is 0 Å². The van der Waals surface area contributed by atoms with Crippen LogP contribution in [-0.2, 0) is 14.3 Å². The first-order valence-electron chi connectivity index (χ1n) is 9.82. The summed E-state index contributed by atoms with van der Waals surface area (Å²) >= 11 is 0. The van der Waals surface area contributed by atoms with E-state index in [1.54, 1.807) is 6.08 Å². The van der Waals surface area contributed by atoms with Crippen LogP contribution in [0.15, 0.2) is 23.8 Å². The monoisotopic (exact) mass is 378 g/mol. The molecule has 2 rings (SSSR count). The molecule has 152 valence electrons. The van der Waals surface area contributed by atoms with Gasteiger partial charge >= 0.3 is 5.97 Å². The molecule has 0 aliphatic heterocycles. The first-order chi connectivity index (χ1) is 12.5. The number of rotatable bonds is 6. The third-order valence-corrected chi connectivity index (χ3v) is 6.82. The fourth-order valence-corrected chi connectivity index (χ4v) is 5.49. The fraction of sp³-hybridized carbons (Fsp3) is 0.727. The molecule has 0 aromatic rings. The van der Waals surface area contributed by atoms with Crippen LogP contribution in [0.5, 0.6) is 0 Å². The van der Waals surface area contributed by atoms with Crippen molar-refractivity contribution in [3.63, 3.8) is 0 Å². The van der Waals surface area contributed by atoms with Crippen molar-refractivity contribution in [3.8, 4) is 0 Å². The lowest BCUT2D eigenvalue weighted by Crippen LogP contribution is -2.57. The Hall–Kier alpha value is -1.46. The van der Waals surface area contributed by atoms with Gasteiger partial charge in [0.1, 0.15) is 5.78 Å². The second-order valence-electron chi connectivity index (χ2n) is 9.04. The predicted molar refractivity (Wildman–Crippen MR) is 104 cm³/mol. The number of hydrogen-bond donors (Lipinski definition) is 2. The molecule has 0 radical (unpaired) electrons. The van der Waals surface area contributed by atoms with Crippen LogP contribution < -0.4 is 0 Å². The van der Waals surface area contributed by atoms with E-state index in [0.29, 0.717) is 19.3 Å². The van der Waals surface area contributed by atoms with E-state index in [1.165, 1.54) is 6.92 Å². The second kappa shape index (κ2) is 8.27. The Morgan fingerprint density at radius 1 is 1.33 bits per heavy atom. The number of esters is 1. The van der Waals surface area contributed by atoms with E-state index in [2.05, 4.69) is 13.5 Å². The van der Waals surface area contributed by atoms with Crippen molar-refractivity contribution in [1.29, 1.82) is 0 Å². The molecule has 2 fully saturated rings. The van der Waals surface area contributed by atoms with Gasteiger partial charge in [0.25, 0.3) is 0 Å². The maximum atomic E-state index is 12.7. The first kappa shape index (κ1) is 21.8. The summed E-state index contributed by atoms with van der Waals surface area (Å²) in [6.45, 7) is 11.9. The Balaban J connectivity index is 2.35. The lowest BCUT2D eigenvalue weighted by Gasteiger charge is -2.58. The van der Waals surface area contributed by atoms with Gasteiger partial charge < -0.3 is 14.9 Å². The normalized spacial score (nSPS) is 37.1. The number of carbonyl (C=O) groups excluding carboxylic acids is 2. The minimum Gasteiger partial charge on any atom is -0.465 e. The van der Waals surface area contributed by atoms with Crippen molar-refractivity contribution < 1.29 is 24.5 Å². The van der Waals surface area contributed by atoms with Crippen LogP contribution in [0.3, 0.4) is 0 Å². The Labute approximate surface area is 162 Å². The number of Topliss-reactive ketones (excluding diaryl/α,β-unsaturated/α-hetero) is 1. The van der Waals surface area contributed by atoms with Gasteiger partial charge in [0.05, 0.1) is 19.3 Å². The smallest absolute Gasteiger partial charge is 0.302 e. The number of allylic oxidation sites excluding steroid dienone is 1. The minimum absolute atomic E-state index is 0.00851. The molecule has 0 aromatic heterocycles. The van der Waals surface area contributed by atoms with Crippen LogP contribution in [0.2, 0.25) is 0 Å². The highest BCUT2D eigenvalue weighted by molar-refractivity contribution is 5.81. The number of aliphatic hydroxyl groups is 2. The molecular formula is C22H34O5. The Morgan fingerprint density at radius 3 is 2.59 bits per heavy atom. The van der Waals surface area contributed by atoms with Gasteiger partial charge in [-0.15, -0.1) is 0 Å². The summed E-state index contributed by atoms with van der Waals surface area (Å²) < 4.78 is 5.32. The van der Waals surface area contributed by atoms with Crippen molar-refractivity contribution in [3.05, 3.63) is 23.8 Å². The second-order valence-corrected chi connectivity index (χ2v) is 9.04. The van der Waals surface area contributed by atoms with E-state index in [-0.39, 0.29) is 42.2 Å². The van der Waals surface area contributed by atoms with E-state index < -0.39 is 11.5 Å². The maximum absolute atomic E-state index is 12.7. The van der Waals surface area contributed by atoms with Crippen molar-refractivity contribution in [1.82, 2.24) is 0 Å². The molecule has 5 nitrogen and oxygen atoms in total. The topological polar surface area (TPSA) is 83.8 Å². The molecule has 2 aliphatic rings. The number of hydrogen-bond acceptors (Lipinski definition) is 5. The third kappa shape index (κ3) is 4.52. The van der Waals surface area contributed by atoms with Gasteiger partial charge in [-0.3, -0.25) is 9.59 Å². The van der Waals surface area contributed by atoms with Crippen molar-refractivity contribution >= 4 is 11.8 Å². The molecule has 27 heavy (non-hydrogen) atoms. The van der Waals surface area contributed by atoms with E-state index in [1.807, 2.05) is 13.8 Å². The summed E-state index contributed by atoms with van der Waals surface area (Å²) in [5.74, 6) is -0.0953. The van der Waals surface area contributed by atoms with Crippen molar-refractivity contribution in [2.45, 2.75) is 65.9 Å². The Bertz CT molecular complexity index is 637. The van der Waals surface area contributed by atoms with Gasteiger partial charge in [0, 0.05) is 25.2 Å². The van der Waals surface area contributed by atoms with Gasteiger partial charge in [-0.05, 0) is 49.0 Å². The maximum Gasteiger partial charge on any atom is 0.302 e. The standard InChI is InChI=1S/C22H34O5/c1-14(8-9-23)6-7-18-15(2)19(26)10-20-21(4,13-27-16(3)24)11-17(25)12-22(18,20)5/h8,18-20,23,26H,2,6-7,9-13H2,1,3-5H3/b14-8+/t18-,19+,20-,21+,22+/m0/s1. The number of carbonyl (C=O) groups is 2. The fourth-order valence-electron chi connectivity index (χ4n) is 5.49. The van der Waals surface area contributed by atoms with Gasteiger partial charge in [-0.1, -0.05) is 32.1 Å². The average Bonchev–Trinajstić information content (AvgIpc) is 2.55. The molecule has 2 aliphatic carbocycles. The number of aliphatic hydroxyl groups excluding tert-OH is 2. The summed E-state index contributed by atoms with van der Waals surface area (Å²) in [4.78, 5) is 24.1. The quantitative estimate of drug-likeness (QED) is 0.548. The summed E-state index contributed by atoms with van der Waals surface area (Å²) in [7, 11) is 0. The van der Waals surface area contributed by atoms with Crippen LogP contribution >= 0.6 is 0 Å². The van der Waals surface area contributed by atoms with Gasteiger partial charge in [-0.25, -0.2) is 0 Å². The first-order valence-corrected chi connectivity index (χ1v) is 9.82. The lowest BCUT2D eigenvalue weighted by molar-refractivity contribution is -0.162. The SMILES string of the molecule is C=C1[C@H](O)C[C@H]2[C@@](C)(COC(C)=O)CC(=O)C[C@]2(C)[C@H]1CC/C(C)=C/CO. The molecule has 0 aromatic carbocycles. The zero-order valence-electron chi connectivity index (χ0n) is 17.1. The zero-order valence-corrected chi connectivity index (χ0v) is 17.1. The van der Waals surface area contributed by atoms with Gasteiger partial charge in [0.15, 0.2) is 0 Å². The molecule has 5 atom stereocenters. The van der Waals surface area contributed by atoms with Crippen LogP contribution in [-0.4, -0.2) is 41.3 Å². The van der Waals surface area contributed by atoms with E-state index in [0.717, 1.165) is 24.0 Å². The molecule has 0 heterocycles. The molecule has 5 heteroatoms. The molecule has 0 bridgehead atoms. The van der Waals surface area contributed by atoms with E-state index in [9.17, 15) is 14.7 Å². The number of ketones is 1. The number of ether oxygens (including phenoxy) is 1. The van der Waals surface area contributed by atoms with Gasteiger partial charge in [-0.2, -0.15) is 0 Å². The molecule has 0 unspecified atom stereocenters. The highest BCUT2D eigenvalue weighted by atomic mass is 16.5. The largest absolute Gasteiger partial charge is 0.465 e. The Morgan fingerprint density at radius 2 is 2.00 bits per heavy atom. The van der Waals surface area contributed by atoms with Crippen LogP contribution in [0.25, 0.3) is 0 Å².